The van der Waals surface area contributed by atoms with Crippen molar-refractivity contribution in [1.82, 2.24) is 0 Å². The molecule has 0 saturated heterocycles. The summed E-state index contributed by atoms with van der Waals surface area (Å²) in [6.07, 6.45) is 0. The van der Waals surface area contributed by atoms with E-state index in [0.717, 1.165) is 5.06 Å². The number of halogens is 1. The summed E-state index contributed by atoms with van der Waals surface area (Å²) >= 11 is 0. The van der Waals surface area contributed by atoms with Crippen molar-refractivity contribution in [1.29, 1.82) is 0 Å². The van der Waals surface area contributed by atoms with Gasteiger partial charge >= 0.3 is 0 Å². The molecule has 132 valence electrons. The Labute approximate surface area is 156 Å². The molecular weight excluding hydrogens is 354 g/mol. The van der Waals surface area contributed by atoms with E-state index in [0.29, 0.717) is 11.3 Å². The van der Waals surface area contributed by atoms with Crippen LogP contribution in [0.3, 0.4) is 0 Å². The second-order valence-corrected chi connectivity index (χ2v) is 5.19. The smallest absolute Gasteiger partial charge is 0.294 e. The highest BCUT2D eigenvalue weighted by molar-refractivity contribution is 6.09. The van der Waals surface area contributed by atoms with Crippen LogP contribution in [0.5, 0.6) is 0 Å². The maximum absolute atomic E-state index is 11.2. The van der Waals surface area contributed by atoms with Gasteiger partial charge in [0.25, 0.3) is 5.69 Å². The molecule has 0 bridgehead atoms. The second kappa shape index (κ2) is 8.75. The molecule has 0 aromatic heterocycles. The third-order valence-corrected chi connectivity index (χ3v) is 3.54. The fourth-order valence-electron chi connectivity index (χ4n) is 2.34. The van der Waals surface area contributed by atoms with Crippen LogP contribution in [0.1, 0.15) is 5.56 Å². The molecule has 0 aliphatic rings. The number of para-hydroxylation sites is 3. The van der Waals surface area contributed by atoms with Crippen LogP contribution in [0, 0.1) is 10.1 Å². The Morgan fingerprint density at radius 1 is 0.885 bits per heavy atom. The Bertz CT molecular complexity index is 902. The maximum atomic E-state index is 11.2. The van der Waals surface area contributed by atoms with Crippen LogP contribution in [0.25, 0.3) is 0 Å². The van der Waals surface area contributed by atoms with E-state index < -0.39 is 4.92 Å². The number of rotatable bonds is 4. The number of benzene rings is 3. The summed E-state index contributed by atoms with van der Waals surface area (Å²) in [4.78, 5) is 15.1. The lowest BCUT2D eigenvalue weighted by molar-refractivity contribution is -0.384. The first-order valence-corrected chi connectivity index (χ1v) is 7.58. The van der Waals surface area contributed by atoms with Crippen LogP contribution in [0.15, 0.2) is 89.9 Å². The zero-order chi connectivity index (χ0) is 17.6. The van der Waals surface area contributed by atoms with Crippen LogP contribution < -0.4 is 17.5 Å². The fraction of sp³-hybridized carbons (Fsp3) is 0. The number of hydrogen-bond acceptors (Lipinski definition) is 4. The standard InChI is InChI=1S/C19H15N3O3.ClH/c23-21(16-11-5-2-6-12-16)19(15-9-3-1-4-10-15)20-17-13-7-8-14-18(17)22(24)25;/h1-14,23H;1H/p-1. The molecule has 3 aromatic carbocycles. The molecule has 3 aromatic rings. The van der Waals surface area contributed by atoms with Gasteiger partial charge in [-0.05, 0) is 18.2 Å². The molecule has 1 N–H and O–H groups in total. The van der Waals surface area contributed by atoms with Crippen molar-refractivity contribution in [3.8, 4) is 0 Å². The predicted molar refractivity (Wildman–Crippen MR) is 96.4 cm³/mol. The fourth-order valence-corrected chi connectivity index (χ4v) is 2.34. The number of nitrogens with zero attached hydrogens (tertiary/aromatic N) is 3. The summed E-state index contributed by atoms with van der Waals surface area (Å²) in [6.45, 7) is 0. The normalized spacial score (nSPS) is 10.7. The van der Waals surface area contributed by atoms with Gasteiger partial charge in [0, 0.05) is 11.6 Å². The summed E-state index contributed by atoms with van der Waals surface area (Å²) in [5.74, 6) is 0.195. The number of hydroxylamine groups is 1. The Balaban J connectivity index is 0.00000243. The van der Waals surface area contributed by atoms with Crippen molar-refractivity contribution in [2.24, 2.45) is 4.99 Å². The summed E-state index contributed by atoms with van der Waals surface area (Å²) in [7, 11) is 0. The van der Waals surface area contributed by atoms with Gasteiger partial charge in [0.1, 0.15) is 5.69 Å². The molecule has 0 aliphatic carbocycles. The zero-order valence-electron chi connectivity index (χ0n) is 13.6. The van der Waals surface area contributed by atoms with E-state index in [4.69, 9.17) is 0 Å². The molecule has 3 rings (SSSR count). The average Bonchev–Trinajstić information content (AvgIpc) is 2.67. The van der Waals surface area contributed by atoms with Gasteiger partial charge in [0.2, 0.25) is 0 Å². The monoisotopic (exact) mass is 368 g/mol. The van der Waals surface area contributed by atoms with E-state index in [1.54, 1.807) is 54.6 Å². The molecule has 0 radical (unpaired) electrons. The first-order chi connectivity index (χ1) is 12.2. The van der Waals surface area contributed by atoms with Crippen LogP contribution in [0.4, 0.5) is 17.1 Å². The molecule has 0 spiro atoms. The van der Waals surface area contributed by atoms with Crippen molar-refractivity contribution < 1.29 is 22.5 Å². The first-order valence-electron chi connectivity index (χ1n) is 7.58. The largest absolute Gasteiger partial charge is 1.00 e. The highest BCUT2D eigenvalue weighted by Crippen LogP contribution is 2.28. The first kappa shape index (κ1) is 19.1. The van der Waals surface area contributed by atoms with Crippen molar-refractivity contribution in [2.45, 2.75) is 0 Å². The van der Waals surface area contributed by atoms with Crippen molar-refractivity contribution in [3.05, 3.63) is 101 Å². The molecule has 0 heterocycles. The Morgan fingerprint density at radius 3 is 2.04 bits per heavy atom. The lowest BCUT2D eigenvalue weighted by Gasteiger charge is -2.19. The summed E-state index contributed by atoms with van der Waals surface area (Å²) in [5, 5.41) is 22.8. The van der Waals surface area contributed by atoms with Gasteiger partial charge in [0.15, 0.2) is 5.84 Å². The van der Waals surface area contributed by atoms with E-state index in [2.05, 4.69) is 4.99 Å². The van der Waals surface area contributed by atoms with Gasteiger partial charge in [-0.1, -0.05) is 60.7 Å². The molecule has 0 aliphatic heterocycles. The number of nitro groups is 1. The second-order valence-electron chi connectivity index (χ2n) is 5.19. The van der Waals surface area contributed by atoms with Gasteiger partial charge in [-0.2, -0.15) is 0 Å². The van der Waals surface area contributed by atoms with Crippen LogP contribution in [-0.2, 0) is 0 Å². The molecule has 0 saturated carbocycles. The predicted octanol–water partition coefficient (Wildman–Crippen LogP) is 1.57. The van der Waals surface area contributed by atoms with E-state index in [1.807, 2.05) is 24.3 Å². The van der Waals surface area contributed by atoms with E-state index >= 15 is 0 Å². The number of aliphatic imine (C=N–C) groups is 1. The summed E-state index contributed by atoms with van der Waals surface area (Å²) in [6, 6.07) is 24.0. The van der Waals surface area contributed by atoms with Crippen molar-refractivity contribution >= 4 is 22.9 Å². The van der Waals surface area contributed by atoms with Crippen LogP contribution in [0.2, 0.25) is 0 Å². The van der Waals surface area contributed by atoms with Gasteiger partial charge in [-0.25, -0.2) is 10.1 Å². The summed E-state index contributed by atoms with van der Waals surface area (Å²) < 4.78 is 0. The molecule has 7 heteroatoms. The van der Waals surface area contributed by atoms with E-state index in [-0.39, 0.29) is 29.6 Å². The topological polar surface area (TPSA) is 79.0 Å². The third-order valence-electron chi connectivity index (χ3n) is 3.54. The van der Waals surface area contributed by atoms with E-state index in [9.17, 15) is 15.3 Å². The van der Waals surface area contributed by atoms with Gasteiger partial charge in [-0.15, -0.1) is 0 Å². The van der Waals surface area contributed by atoms with Crippen molar-refractivity contribution in [2.75, 3.05) is 5.06 Å². The molecular formula is C19H15ClN3O3-. The minimum absolute atomic E-state index is 0. The SMILES string of the molecule is O=[N+]([O-])c1ccccc1N=C(c1ccccc1)N(O)c1ccccc1.[Cl-]. The Kier molecular flexibility index (Phi) is 6.43. The van der Waals surface area contributed by atoms with Crippen molar-refractivity contribution in [3.63, 3.8) is 0 Å². The van der Waals surface area contributed by atoms with E-state index in [1.165, 1.54) is 6.07 Å². The maximum Gasteiger partial charge on any atom is 0.294 e. The van der Waals surface area contributed by atoms with Gasteiger partial charge < -0.3 is 12.4 Å². The van der Waals surface area contributed by atoms with Crippen LogP contribution >= 0.6 is 0 Å². The molecule has 0 amide bonds. The average molecular weight is 369 g/mol. The molecule has 26 heavy (non-hydrogen) atoms. The van der Waals surface area contributed by atoms with Crippen LogP contribution in [-0.4, -0.2) is 16.0 Å². The third kappa shape index (κ3) is 4.24. The minimum Gasteiger partial charge on any atom is -1.00 e. The number of anilines is 1. The minimum atomic E-state index is -0.494. The highest BCUT2D eigenvalue weighted by atomic mass is 35.5. The molecule has 0 atom stereocenters. The zero-order valence-corrected chi connectivity index (χ0v) is 14.3. The lowest BCUT2D eigenvalue weighted by atomic mass is 10.2. The molecule has 0 fully saturated rings. The summed E-state index contributed by atoms with van der Waals surface area (Å²) in [5.41, 5.74) is 1.18. The molecule has 0 unspecified atom stereocenters. The lowest BCUT2D eigenvalue weighted by Crippen LogP contribution is -3.00. The number of amidine groups is 1. The molecule has 6 nitrogen and oxygen atoms in total. The number of nitro benzene ring substituents is 1. The quantitative estimate of drug-likeness (QED) is 0.328. The highest BCUT2D eigenvalue weighted by Gasteiger charge is 2.17. The Hall–Kier alpha value is -3.22. The number of hydrogen-bond donors (Lipinski definition) is 1. The van der Waals surface area contributed by atoms with Gasteiger partial charge in [0.05, 0.1) is 10.6 Å². The van der Waals surface area contributed by atoms with Gasteiger partial charge in [-0.3, -0.25) is 15.3 Å². The Morgan fingerprint density at radius 2 is 1.42 bits per heavy atom.